The van der Waals surface area contributed by atoms with Crippen LogP contribution >= 0.6 is 11.8 Å². The van der Waals surface area contributed by atoms with Crippen molar-refractivity contribution >= 4 is 29.7 Å². The maximum Gasteiger partial charge on any atom is 0.408 e. The summed E-state index contributed by atoms with van der Waals surface area (Å²) in [6, 6.07) is 5.85. The Morgan fingerprint density at radius 1 is 1.06 bits per heavy atom. The van der Waals surface area contributed by atoms with Gasteiger partial charge >= 0.3 is 6.09 Å². The van der Waals surface area contributed by atoms with Gasteiger partial charge in [-0.2, -0.15) is 11.8 Å². The highest BCUT2D eigenvalue weighted by atomic mass is 32.2. The second-order valence-electron chi connectivity index (χ2n) is 10.8. The smallest absolute Gasteiger partial charge is 0.408 e. The van der Waals surface area contributed by atoms with E-state index in [0.717, 1.165) is 11.1 Å². The SMILES string of the molecule is CCC(C)(C)N(C(=O)C(CCSC)NC(=O)OC(C)(C)C)C(C(=O)NC(C)C)c1ccccc1C. The largest absolute Gasteiger partial charge is 0.444 e. The molecule has 198 valence electrons. The summed E-state index contributed by atoms with van der Waals surface area (Å²) in [6.07, 6.45) is 2.35. The van der Waals surface area contributed by atoms with E-state index in [4.69, 9.17) is 4.74 Å². The maximum absolute atomic E-state index is 14.2. The van der Waals surface area contributed by atoms with Gasteiger partial charge in [0, 0.05) is 11.6 Å². The predicted molar refractivity (Wildman–Crippen MR) is 145 cm³/mol. The minimum atomic E-state index is -0.849. The van der Waals surface area contributed by atoms with Crippen LogP contribution in [-0.4, -0.2) is 58.0 Å². The van der Waals surface area contributed by atoms with Crippen molar-refractivity contribution < 1.29 is 19.1 Å². The van der Waals surface area contributed by atoms with Crippen LogP contribution < -0.4 is 10.6 Å². The van der Waals surface area contributed by atoms with E-state index >= 15 is 0 Å². The van der Waals surface area contributed by atoms with Crippen molar-refractivity contribution in [3.05, 3.63) is 35.4 Å². The summed E-state index contributed by atoms with van der Waals surface area (Å²) >= 11 is 1.59. The van der Waals surface area contributed by atoms with E-state index in [-0.39, 0.29) is 17.9 Å². The molecule has 0 bridgehead atoms. The van der Waals surface area contributed by atoms with Crippen molar-refractivity contribution in [1.82, 2.24) is 15.5 Å². The number of nitrogens with one attached hydrogen (secondary N) is 2. The van der Waals surface area contributed by atoms with Crippen LogP contribution in [0.1, 0.15) is 85.4 Å². The van der Waals surface area contributed by atoms with E-state index in [2.05, 4.69) is 10.6 Å². The number of carbonyl (C=O) groups is 3. The molecule has 3 amide bonds. The van der Waals surface area contributed by atoms with Gasteiger partial charge in [0.15, 0.2) is 0 Å². The molecule has 1 aromatic carbocycles. The van der Waals surface area contributed by atoms with Gasteiger partial charge in [0.05, 0.1) is 0 Å². The van der Waals surface area contributed by atoms with E-state index in [9.17, 15) is 14.4 Å². The second kappa shape index (κ2) is 13.2. The zero-order valence-electron chi connectivity index (χ0n) is 23.2. The summed E-state index contributed by atoms with van der Waals surface area (Å²) in [6.45, 7) is 17.0. The molecule has 0 radical (unpaired) electrons. The number of hydrogen-bond donors (Lipinski definition) is 2. The fraction of sp³-hybridized carbons (Fsp3) is 0.667. The Hall–Kier alpha value is -2.22. The Bertz CT molecular complexity index is 864. The molecular formula is C27H45N3O4S. The van der Waals surface area contributed by atoms with Gasteiger partial charge in [0.25, 0.3) is 0 Å². The van der Waals surface area contributed by atoms with Gasteiger partial charge in [-0.25, -0.2) is 4.79 Å². The summed E-state index contributed by atoms with van der Waals surface area (Å²) in [5, 5.41) is 5.79. The van der Waals surface area contributed by atoms with Gasteiger partial charge < -0.3 is 20.3 Å². The summed E-state index contributed by atoms with van der Waals surface area (Å²) in [4.78, 5) is 42.2. The number of ether oxygens (including phenoxy) is 1. The molecule has 0 aliphatic rings. The van der Waals surface area contributed by atoms with Gasteiger partial charge in [0.1, 0.15) is 17.7 Å². The molecule has 0 saturated carbocycles. The first-order chi connectivity index (χ1) is 16.1. The molecule has 35 heavy (non-hydrogen) atoms. The normalized spacial score (nSPS) is 13.7. The first-order valence-electron chi connectivity index (χ1n) is 12.3. The zero-order valence-corrected chi connectivity index (χ0v) is 24.0. The number of aryl methyl sites for hydroxylation is 1. The van der Waals surface area contributed by atoms with E-state index in [1.165, 1.54) is 0 Å². The molecule has 2 unspecified atom stereocenters. The molecule has 0 aromatic heterocycles. The number of carbonyl (C=O) groups excluding carboxylic acids is 3. The van der Waals surface area contributed by atoms with Crippen LogP contribution in [0.15, 0.2) is 24.3 Å². The zero-order chi connectivity index (χ0) is 27.0. The van der Waals surface area contributed by atoms with Gasteiger partial charge in [-0.15, -0.1) is 0 Å². The summed E-state index contributed by atoms with van der Waals surface area (Å²) in [5.74, 6) is 0.119. The van der Waals surface area contributed by atoms with Crippen molar-refractivity contribution in [2.75, 3.05) is 12.0 Å². The van der Waals surface area contributed by atoms with Crippen molar-refractivity contribution in [1.29, 1.82) is 0 Å². The van der Waals surface area contributed by atoms with Crippen LogP contribution in [-0.2, 0) is 14.3 Å². The summed E-state index contributed by atoms with van der Waals surface area (Å²) < 4.78 is 5.45. The van der Waals surface area contributed by atoms with Crippen molar-refractivity contribution in [3.63, 3.8) is 0 Å². The Balaban J connectivity index is 3.62. The predicted octanol–water partition coefficient (Wildman–Crippen LogP) is 5.22. The molecule has 7 nitrogen and oxygen atoms in total. The van der Waals surface area contributed by atoms with E-state index in [1.54, 1.807) is 37.4 Å². The molecular weight excluding hydrogens is 462 g/mol. The molecule has 0 aliphatic carbocycles. The standard InChI is InChI=1S/C27H45N3O4S/c1-11-27(8,9)30(22(23(31)28-18(2)3)20-15-13-12-14-19(20)4)24(32)21(16-17-35-10)29-25(33)34-26(5,6)7/h12-15,18,21-22H,11,16-17H2,1-10H3,(H,28,31)(H,29,33). The molecule has 1 aromatic rings. The minimum absolute atomic E-state index is 0.0946. The van der Waals surface area contributed by atoms with Gasteiger partial charge in [-0.05, 0) is 91.4 Å². The molecule has 0 saturated heterocycles. The molecule has 0 aliphatic heterocycles. The molecule has 0 heterocycles. The lowest BCUT2D eigenvalue weighted by atomic mass is 9.90. The molecule has 2 N–H and O–H groups in total. The fourth-order valence-corrected chi connectivity index (χ4v) is 4.18. The average molecular weight is 508 g/mol. The molecule has 2 atom stereocenters. The van der Waals surface area contributed by atoms with E-state index in [1.807, 2.05) is 72.1 Å². The lowest BCUT2D eigenvalue weighted by molar-refractivity contribution is -0.149. The highest BCUT2D eigenvalue weighted by Gasteiger charge is 2.43. The molecule has 0 spiro atoms. The lowest BCUT2D eigenvalue weighted by Crippen LogP contribution is -2.59. The third-order valence-electron chi connectivity index (χ3n) is 5.78. The van der Waals surface area contributed by atoms with Gasteiger partial charge in [-0.1, -0.05) is 31.2 Å². The first-order valence-corrected chi connectivity index (χ1v) is 13.7. The number of hydrogen-bond acceptors (Lipinski definition) is 5. The monoisotopic (exact) mass is 507 g/mol. The third kappa shape index (κ3) is 9.39. The number of thioether (sulfide) groups is 1. The van der Waals surface area contributed by atoms with Crippen LogP contribution in [0.4, 0.5) is 4.79 Å². The van der Waals surface area contributed by atoms with Gasteiger partial charge in [0.2, 0.25) is 11.8 Å². The van der Waals surface area contributed by atoms with Crippen LogP contribution in [0.5, 0.6) is 0 Å². The Labute approximate surface area is 216 Å². The Morgan fingerprint density at radius 2 is 1.66 bits per heavy atom. The number of benzene rings is 1. The first kappa shape index (κ1) is 30.8. The molecule has 0 fully saturated rings. The summed E-state index contributed by atoms with van der Waals surface area (Å²) in [7, 11) is 0. The lowest BCUT2D eigenvalue weighted by Gasteiger charge is -2.45. The highest BCUT2D eigenvalue weighted by Crippen LogP contribution is 2.34. The van der Waals surface area contributed by atoms with Crippen LogP contribution in [0.25, 0.3) is 0 Å². The van der Waals surface area contributed by atoms with Crippen molar-refractivity contribution in [2.24, 2.45) is 0 Å². The summed E-state index contributed by atoms with van der Waals surface area (Å²) in [5.41, 5.74) is 0.328. The maximum atomic E-state index is 14.2. The average Bonchev–Trinajstić information content (AvgIpc) is 2.73. The molecule has 8 heteroatoms. The van der Waals surface area contributed by atoms with Crippen LogP contribution in [0, 0.1) is 6.92 Å². The second-order valence-corrected chi connectivity index (χ2v) is 11.8. The van der Waals surface area contributed by atoms with Gasteiger partial charge in [-0.3, -0.25) is 9.59 Å². The highest BCUT2D eigenvalue weighted by molar-refractivity contribution is 7.98. The Morgan fingerprint density at radius 3 is 2.14 bits per heavy atom. The topological polar surface area (TPSA) is 87.7 Å². The van der Waals surface area contributed by atoms with E-state index < -0.39 is 29.3 Å². The third-order valence-corrected chi connectivity index (χ3v) is 6.42. The van der Waals surface area contributed by atoms with E-state index in [0.29, 0.717) is 18.6 Å². The number of amides is 3. The quantitative estimate of drug-likeness (QED) is 0.429. The van der Waals surface area contributed by atoms with Crippen LogP contribution in [0.3, 0.4) is 0 Å². The molecule has 1 rings (SSSR count). The van der Waals surface area contributed by atoms with Crippen LogP contribution in [0.2, 0.25) is 0 Å². The fourth-order valence-electron chi connectivity index (χ4n) is 3.71. The minimum Gasteiger partial charge on any atom is -0.444 e. The number of nitrogens with zero attached hydrogens (tertiary/aromatic N) is 1. The number of rotatable bonds is 11. The van der Waals surface area contributed by atoms with Crippen molar-refractivity contribution in [3.8, 4) is 0 Å². The van der Waals surface area contributed by atoms with Crippen molar-refractivity contribution in [2.45, 2.75) is 104 Å². The number of alkyl carbamates (subject to hydrolysis) is 1. The Kier molecular flexibility index (Phi) is 11.6.